The number of ether oxygens (including phenoxy) is 1. The Morgan fingerprint density at radius 3 is 2.82 bits per heavy atom. The molecule has 3 nitrogen and oxygen atoms in total. The summed E-state index contributed by atoms with van der Waals surface area (Å²) in [6, 6.07) is 8.73. The largest absolute Gasteiger partial charge is 0.374 e. The third-order valence-electron chi connectivity index (χ3n) is 4.08. The normalized spacial score (nSPS) is 19.9. The summed E-state index contributed by atoms with van der Waals surface area (Å²) in [4.78, 5) is 6.56. The Bertz CT molecular complexity index is 705. The summed E-state index contributed by atoms with van der Waals surface area (Å²) in [5.74, 6) is -0.420. The van der Waals surface area contributed by atoms with Crippen molar-refractivity contribution in [2.75, 3.05) is 18.6 Å². The van der Waals surface area contributed by atoms with Gasteiger partial charge in [-0.2, -0.15) is 0 Å². The molecule has 1 aromatic heterocycles. The SMILES string of the molecule is COC1c2ncccc2N(c2ccc(Cl)c(F)c2)CC1(C)C. The van der Waals surface area contributed by atoms with Crippen LogP contribution in [0.5, 0.6) is 0 Å². The zero-order valence-corrected chi connectivity index (χ0v) is 13.6. The molecule has 0 bridgehead atoms. The Morgan fingerprint density at radius 1 is 1.36 bits per heavy atom. The number of nitrogens with zero attached hydrogens (tertiary/aromatic N) is 2. The molecule has 2 heterocycles. The maximum atomic E-state index is 13.8. The third-order valence-corrected chi connectivity index (χ3v) is 4.39. The second kappa shape index (κ2) is 5.52. The van der Waals surface area contributed by atoms with Gasteiger partial charge in [0.15, 0.2) is 0 Å². The second-order valence-electron chi connectivity index (χ2n) is 6.20. The minimum absolute atomic E-state index is 0.0999. The average Bonchev–Trinajstić information content (AvgIpc) is 2.49. The van der Waals surface area contributed by atoms with Crippen molar-refractivity contribution in [3.8, 4) is 0 Å². The van der Waals surface area contributed by atoms with Crippen LogP contribution < -0.4 is 4.90 Å². The van der Waals surface area contributed by atoms with Crippen molar-refractivity contribution in [1.29, 1.82) is 0 Å². The van der Waals surface area contributed by atoms with Crippen LogP contribution in [0.4, 0.5) is 15.8 Å². The van der Waals surface area contributed by atoms with Crippen molar-refractivity contribution < 1.29 is 9.13 Å². The Morgan fingerprint density at radius 2 is 2.14 bits per heavy atom. The van der Waals surface area contributed by atoms with Crippen molar-refractivity contribution in [3.05, 3.63) is 53.1 Å². The number of fused-ring (bicyclic) bond motifs is 1. The van der Waals surface area contributed by atoms with Crippen LogP contribution in [-0.4, -0.2) is 18.6 Å². The van der Waals surface area contributed by atoms with Crippen molar-refractivity contribution in [2.24, 2.45) is 5.41 Å². The van der Waals surface area contributed by atoms with E-state index in [0.717, 1.165) is 17.1 Å². The number of methoxy groups -OCH3 is 1. The molecule has 2 aromatic rings. The number of benzene rings is 1. The van der Waals surface area contributed by atoms with E-state index in [9.17, 15) is 4.39 Å². The van der Waals surface area contributed by atoms with Gasteiger partial charge in [-0.15, -0.1) is 0 Å². The fraction of sp³-hybridized carbons (Fsp3) is 0.353. The molecular formula is C17H18ClFN2O. The Kier molecular flexibility index (Phi) is 3.83. The lowest BCUT2D eigenvalue weighted by atomic mass is 9.80. The quantitative estimate of drug-likeness (QED) is 0.799. The third kappa shape index (κ3) is 2.46. The maximum Gasteiger partial charge on any atom is 0.143 e. The highest BCUT2D eigenvalue weighted by molar-refractivity contribution is 6.30. The van der Waals surface area contributed by atoms with Crippen molar-refractivity contribution >= 4 is 23.0 Å². The van der Waals surface area contributed by atoms with Crippen LogP contribution in [0.25, 0.3) is 0 Å². The summed E-state index contributed by atoms with van der Waals surface area (Å²) in [5.41, 5.74) is 2.41. The first-order chi connectivity index (χ1) is 10.4. The van der Waals surface area contributed by atoms with Gasteiger partial charge in [-0.1, -0.05) is 25.4 Å². The highest BCUT2D eigenvalue weighted by Gasteiger charge is 2.41. The van der Waals surface area contributed by atoms with Crippen LogP contribution in [0, 0.1) is 11.2 Å². The lowest BCUT2D eigenvalue weighted by molar-refractivity contribution is 0.00216. The molecule has 116 valence electrons. The molecule has 1 aliphatic rings. The van der Waals surface area contributed by atoms with Gasteiger partial charge in [0.25, 0.3) is 0 Å². The number of hydrogen-bond donors (Lipinski definition) is 0. The summed E-state index contributed by atoms with van der Waals surface area (Å²) in [6.07, 6.45) is 1.66. The zero-order valence-electron chi connectivity index (χ0n) is 12.8. The van der Waals surface area contributed by atoms with Crippen molar-refractivity contribution in [1.82, 2.24) is 4.98 Å². The van der Waals surface area contributed by atoms with E-state index in [1.165, 1.54) is 6.07 Å². The highest BCUT2D eigenvalue weighted by atomic mass is 35.5. The summed E-state index contributed by atoms with van der Waals surface area (Å²) in [5, 5.41) is 0.126. The summed E-state index contributed by atoms with van der Waals surface area (Å²) in [6.45, 7) is 4.95. The predicted molar refractivity (Wildman–Crippen MR) is 86.2 cm³/mol. The topological polar surface area (TPSA) is 25.4 Å². The van der Waals surface area contributed by atoms with Gasteiger partial charge in [-0.25, -0.2) is 4.39 Å². The van der Waals surface area contributed by atoms with E-state index in [4.69, 9.17) is 16.3 Å². The molecule has 0 aliphatic carbocycles. The first kappa shape index (κ1) is 15.3. The highest BCUT2D eigenvalue weighted by Crippen LogP contribution is 2.47. The van der Waals surface area contributed by atoms with Crippen LogP contribution in [-0.2, 0) is 4.74 Å². The number of hydrogen-bond acceptors (Lipinski definition) is 3. The van der Waals surface area contributed by atoms with Gasteiger partial charge in [-0.3, -0.25) is 4.98 Å². The molecule has 5 heteroatoms. The molecule has 0 saturated carbocycles. The molecule has 1 aliphatic heterocycles. The summed E-state index contributed by atoms with van der Waals surface area (Å²) >= 11 is 5.80. The van der Waals surface area contributed by atoms with Crippen LogP contribution in [0.3, 0.4) is 0 Å². The molecule has 0 fully saturated rings. The Hall–Kier alpha value is -1.65. The smallest absolute Gasteiger partial charge is 0.143 e. The molecule has 0 spiro atoms. The van der Waals surface area contributed by atoms with E-state index < -0.39 is 5.82 Å². The standard InChI is InChI=1S/C17H18ClFN2O/c1-17(2)10-21(11-6-7-12(18)13(19)9-11)14-5-4-8-20-15(14)16(17)22-3/h4-9,16H,10H2,1-3H3. The molecule has 0 saturated heterocycles. The second-order valence-corrected chi connectivity index (χ2v) is 6.60. The average molecular weight is 321 g/mol. The van der Waals surface area contributed by atoms with Gasteiger partial charge < -0.3 is 9.64 Å². The zero-order chi connectivity index (χ0) is 15.9. The fourth-order valence-electron chi connectivity index (χ4n) is 3.10. The molecule has 22 heavy (non-hydrogen) atoms. The first-order valence-corrected chi connectivity index (χ1v) is 7.52. The van der Waals surface area contributed by atoms with Crippen LogP contribution in [0.15, 0.2) is 36.5 Å². The molecule has 1 atom stereocenters. The number of aromatic nitrogens is 1. The molecule has 0 amide bonds. The van der Waals surface area contributed by atoms with Gasteiger partial charge in [-0.05, 0) is 30.3 Å². The molecule has 1 unspecified atom stereocenters. The summed E-state index contributed by atoms with van der Waals surface area (Å²) in [7, 11) is 1.70. The molecule has 3 rings (SSSR count). The van der Waals surface area contributed by atoms with Crippen LogP contribution in [0.1, 0.15) is 25.6 Å². The van der Waals surface area contributed by atoms with E-state index in [2.05, 4.69) is 23.7 Å². The first-order valence-electron chi connectivity index (χ1n) is 7.14. The number of halogens is 2. The van der Waals surface area contributed by atoms with Crippen LogP contribution in [0.2, 0.25) is 5.02 Å². The summed E-state index contributed by atoms with van der Waals surface area (Å²) < 4.78 is 19.5. The number of anilines is 2. The van der Waals surface area contributed by atoms with Gasteiger partial charge in [0.2, 0.25) is 0 Å². The number of pyridine rings is 1. The predicted octanol–water partition coefficient (Wildman–Crippen LogP) is 4.74. The van der Waals surface area contributed by atoms with Crippen LogP contribution >= 0.6 is 11.6 Å². The lowest BCUT2D eigenvalue weighted by Crippen LogP contribution is -2.42. The minimum Gasteiger partial charge on any atom is -0.374 e. The monoisotopic (exact) mass is 320 g/mol. The molecule has 0 N–H and O–H groups in total. The molecule has 0 radical (unpaired) electrons. The minimum atomic E-state index is -0.420. The van der Waals surface area contributed by atoms with Crippen molar-refractivity contribution in [2.45, 2.75) is 20.0 Å². The van der Waals surface area contributed by atoms with Gasteiger partial charge in [0, 0.05) is 31.0 Å². The van der Waals surface area contributed by atoms with Crippen molar-refractivity contribution in [3.63, 3.8) is 0 Å². The number of rotatable bonds is 2. The van der Waals surface area contributed by atoms with E-state index >= 15 is 0 Å². The van der Waals surface area contributed by atoms with Gasteiger partial charge in [0.05, 0.1) is 16.4 Å². The van der Waals surface area contributed by atoms with E-state index in [1.807, 2.05) is 18.2 Å². The Balaban J connectivity index is 2.14. The van der Waals surface area contributed by atoms with Gasteiger partial charge >= 0.3 is 0 Å². The van der Waals surface area contributed by atoms with E-state index in [0.29, 0.717) is 6.54 Å². The maximum absolute atomic E-state index is 13.8. The molecular weight excluding hydrogens is 303 g/mol. The molecule has 1 aromatic carbocycles. The van der Waals surface area contributed by atoms with Gasteiger partial charge in [0.1, 0.15) is 11.9 Å². The van der Waals surface area contributed by atoms with E-state index in [-0.39, 0.29) is 16.5 Å². The van der Waals surface area contributed by atoms with E-state index in [1.54, 1.807) is 19.4 Å². The Labute approximate surface area is 134 Å². The fourth-order valence-corrected chi connectivity index (χ4v) is 3.22. The lowest BCUT2D eigenvalue weighted by Gasteiger charge is -2.44.